The Morgan fingerprint density at radius 1 is 1.43 bits per heavy atom. The van der Waals surface area contributed by atoms with Gasteiger partial charge in [-0.05, 0) is 12.8 Å². The highest BCUT2D eigenvalue weighted by Gasteiger charge is 2.25. The second kappa shape index (κ2) is 5.59. The molecule has 0 heterocycles. The number of nitrogens with two attached hydrogens (primary N) is 1. The highest BCUT2D eigenvalue weighted by Crippen LogP contribution is 2.07. The third-order valence-corrected chi connectivity index (χ3v) is 2.19. The first-order chi connectivity index (χ1) is 6.40. The predicted molar refractivity (Wildman–Crippen MR) is 52.7 cm³/mol. The Balaban J connectivity index is 4.38. The minimum Gasteiger partial charge on any atom is -0.480 e. The number of carbonyl (C=O) groups excluding carboxylic acids is 1. The van der Waals surface area contributed by atoms with Gasteiger partial charge < -0.3 is 16.2 Å². The Kier molecular flexibility index (Phi) is 5.15. The van der Waals surface area contributed by atoms with Gasteiger partial charge >= 0.3 is 5.97 Å². The van der Waals surface area contributed by atoms with E-state index in [4.69, 9.17) is 10.8 Å². The maximum Gasteiger partial charge on any atom is 0.326 e. The lowest BCUT2D eigenvalue weighted by Gasteiger charge is -2.20. The molecular weight excluding hydrogens is 184 g/mol. The molecule has 0 rings (SSSR count). The summed E-state index contributed by atoms with van der Waals surface area (Å²) in [5.41, 5.74) is 5.32. The molecule has 3 atom stereocenters. The maximum absolute atomic E-state index is 11.2. The topological polar surface area (TPSA) is 92.4 Å². The first-order valence-electron chi connectivity index (χ1n) is 4.68. The van der Waals surface area contributed by atoms with Crippen molar-refractivity contribution in [2.75, 3.05) is 0 Å². The molecule has 0 spiro atoms. The third-order valence-electron chi connectivity index (χ3n) is 2.19. The maximum atomic E-state index is 11.2. The summed E-state index contributed by atoms with van der Waals surface area (Å²) in [6, 6.07) is -1.53. The van der Waals surface area contributed by atoms with E-state index in [1.54, 1.807) is 6.92 Å². The molecule has 0 aliphatic carbocycles. The van der Waals surface area contributed by atoms with Crippen LogP contribution >= 0.6 is 0 Å². The van der Waals surface area contributed by atoms with Gasteiger partial charge in [0.1, 0.15) is 6.04 Å². The summed E-state index contributed by atoms with van der Waals surface area (Å²) >= 11 is 0. The molecule has 0 aromatic carbocycles. The summed E-state index contributed by atoms with van der Waals surface area (Å²) in [6.45, 7) is 5.17. The molecule has 0 aromatic rings. The first kappa shape index (κ1) is 12.9. The number of carboxylic acids is 1. The fourth-order valence-corrected chi connectivity index (χ4v) is 0.968. The van der Waals surface area contributed by atoms with E-state index < -0.39 is 24.0 Å². The zero-order chi connectivity index (χ0) is 11.3. The Morgan fingerprint density at radius 3 is 2.21 bits per heavy atom. The van der Waals surface area contributed by atoms with Gasteiger partial charge in [-0.2, -0.15) is 0 Å². The van der Waals surface area contributed by atoms with Crippen LogP contribution in [-0.4, -0.2) is 29.1 Å². The number of carboxylic acid groups (broad SMARTS) is 1. The number of nitrogens with one attached hydrogen (secondary N) is 1. The molecule has 0 aliphatic heterocycles. The van der Waals surface area contributed by atoms with Crippen LogP contribution in [0, 0.1) is 5.92 Å². The molecular formula is C9H18N2O3. The fourth-order valence-electron chi connectivity index (χ4n) is 0.968. The Morgan fingerprint density at radius 2 is 1.93 bits per heavy atom. The first-order valence-corrected chi connectivity index (χ1v) is 4.68. The normalized spacial score (nSPS) is 16.9. The van der Waals surface area contributed by atoms with Gasteiger partial charge in [0.25, 0.3) is 0 Å². The SMILES string of the molecule is CCC(C)C(NC(=O)C(C)N)C(=O)O. The van der Waals surface area contributed by atoms with Crippen LogP contribution in [0.25, 0.3) is 0 Å². The zero-order valence-corrected chi connectivity index (χ0v) is 8.78. The van der Waals surface area contributed by atoms with Gasteiger partial charge in [0, 0.05) is 0 Å². The van der Waals surface area contributed by atoms with Gasteiger partial charge in [-0.3, -0.25) is 4.79 Å². The van der Waals surface area contributed by atoms with Crippen LogP contribution < -0.4 is 11.1 Å². The molecule has 14 heavy (non-hydrogen) atoms. The molecule has 0 aromatic heterocycles. The lowest BCUT2D eigenvalue weighted by atomic mass is 9.99. The number of hydrogen-bond acceptors (Lipinski definition) is 3. The number of aliphatic carboxylic acids is 1. The number of rotatable bonds is 5. The summed E-state index contributed by atoms with van der Waals surface area (Å²) in [6.07, 6.45) is 0.691. The van der Waals surface area contributed by atoms with Crippen molar-refractivity contribution in [3.05, 3.63) is 0 Å². The average molecular weight is 202 g/mol. The van der Waals surface area contributed by atoms with Crippen LogP contribution in [0.5, 0.6) is 0 Å². The van der Waals surface area contributed by atoms with Crippen molar-refractivity contribution in [3.8, 4) is 0 Å². The number of hydrogen-bond donors (Lipinski definition) is 3. The Bertz CT molecular complexity index is 216. The van der Waals surface area contributed by atoms with E-state index in [-0.39, 0.29) is 5.92 Å². The van der Waals surface area contributed by atoms with E-state index >= 15 is 0 Å². The minimum absolute atomic E-state index is 0.102. The van der Waals surface area contributed by atoms with Crippen molar-refractivity contribution in [3.63, 3.8) is 0 Å². The van der Waals surface area contributed by atoms with E-state index in [9.17, 15) is 9.59 Å². The molecule has 0 saturated heterocycles. The van der Waals surface area contributed by atoms with Gasteiger partial charge in [-0.25, -0.2) is 4.79 Å². The van der Waals surface area contributed by atoms with Crippen molar-refractivity contribution in [2.45, 2.75) is 39.3 Å². The zero-order valence-electron chi connectivity index (χ0n) is 8.78. The van der Waals surface area contributed by atoms with Crippen LogP contribution in [-0.2, 0) is 9.59 Å². The summed E-state index contributed by atoms with van der Waals surface area (Å²) in [5.74, 6) is -1.55. The van der Waals surface area contributed by atoms with Crippen LogP contribution in [0.15, 0.2) is 0 Å². The van der Waals surface area contributed by atoms with Gasteiger partial charge in [-0.1, -0.05) is 20.3 Å². The van der Waals surface area contributed by atoms with Gasteiger partial charge in [0.05, 0.1) is 6.04 Å². The van der Waals surface area contributed by atoms with E-state index in [1.165, 1.54) is 6.92 Å². The van der Waals surface area contributed by atoms with E-state index in [0.717, 1.165) is 0 Å². The quantitative estimate of drug-likeness (QED) is 0.582. The lowest BCUT2D eigenvalue weighted by molar-refractivity contribution is -0.143. The van der Waals surface area contributed by atoms with E-state index in [0.29, 0.717) is 6.42 Å². The molecule has 0 aliphatic rings. The van der Waals surface area contributed by atoms with E-state index in [2.05, 4.69) is 5.32 Å². The van der Waals surface area contributed by atoms with E-state index in [1.807, 2.05) is 6.92 Å². The van der Waals surface area contributed by atoms with Crippen LogP contribution in [0.3, 0.4) is 0 Å². The molecule has 0 radical (unpaired) electrons. The molecule has 5 heteroatoms. The van der Waals surface area contributed by atoms with Crippen LogP contribution in [0.1, 0.15) is 27.2 Å². The van der Waals surface area contributed by atoms with Gasteiger partial charge in [0.2, 0.25) is 5.91 Å². The molecule has 5 nitrogen and oxygen atoms in total. The van der Waals surface area contributed by atoms with Crippen molar-refractivity contribution in [2.24, 2.45) is 11.7 Å². The van der Waals surface area contributed by atoms with Crippen molar-refractivity contribution < 1.29 is 14.7 Å². The highest BCUT2D eigenvalue weighted by atomic mass is 16.4. The van der Waals surface area contributed by atoms with Crippen LogP contribution in [0.2, 0.25) is 0 Å². The molecule has 82 valence electrons. The number of carbonyl (C=O) groups is 2. The second-order valence-electron chi connectivity index (χ2n) is 3.50. The predicted octanol–water partition coefficient (Wildman–Crippen LogP) is -0.0509. The van der Waals surface area contributed by atoms with Crippen LogP contribution in [0.4, 0.5) is 0 Å². The smallest absolute Gasteiger partial charge is 0.326 e. The fraction of sp³-hybridized carbons (Fsp3) is 0.778. The Labute approximate surface area is 83.7 Å². The molecule has 0 bridgehead atoms. The molecule has 0 saturated carbocycles. The van der Waals surface area contributed by atoms with Crippen molar-refractivity contribution >= 4 is 11.9 Å². The molecule has 1 amide bonds. The largest absolute Gasteiger partial charge is 0.480 e. The summed E-state index contributed by atoms with van der Waals surface area (Å²) in [7, 11) is 0. The molecule has 4 N–H and O–H groups in total. The molecule has 3 unspecified atom stereocenters. The monoisotopic (exact) mass is 202 g/mol. The van der Waals surface area contributed by atoms with Crippen molar-refractivity contribution in [1.29, 1.82) is 0 Å². The summed E-state index contributed by atoms with van der Waals surface area (Å²) in [5, 5.41) is 11.3. The molecule has 0 fully saturated rings. The lowest BCUT2D eigenvalue weighted by Crippen LogP contribution is -2.50. The number of amides is 1. The standard InChI is InChI=1S/C9H18N2O3/c1-4-5(2)7(9(13)14)11-8(12)6(3)10/h5-7H,4,10H2,1-3H3,(H,11,12)(H,13,14). The summed E-state index contributed by atoms with van der Waals surface area (Å²) < 4.78 is 0. The van der Waals surface area contributed by atoms with Gasteiger partial charge in [0.15, 0.2) is 0 Å². The summed E-state index contributed by atoms with van der Waals surface area (Å²) in [4.78, 5) is 22.0. The second-order valence-corrected chi connectivity index (χ2v) is 3.50. The van der Waals surface area contributed by atoms with Gasteiger partial charge in [-0.15, -0.1) is 0 Å². The van der Waals surface area contributed by atoms with Crippen molar-refractivity contribution in [1.82, 2.24) is 5.32 Å². The minimum atomic E-state index is -1.02. The average Bonchev–Trinajstić information content (AvgIpc) is 2.11. The third kappa shape index (κ3) is 3.74. The highest BCUT2D eigenvalue weighted by molar-refractivity contribution is 5.86. The Hall–Kier alpha value is -1.10.